The van der Waals surface area contributed by atoms with Crippen molar-refractivity contribution in [3.8, 4) is 5.75 Å². The Morgan fingerprint density at radius 1 is 1.16 bits per heavy atom. The van der Waals surface area contributed by atoms with Crippen LogP contribution in [0, 0.1) is 6.92 Å². The Kier molecular flexibility index (Phi) is 9.90. The first-order valence-corrected chi connectivity index (χ1v) is 11.8. The summed E-state index contributed by atoms with van der Waals surface area (Å²) in [5.41, 5.74) is 1.93. The molecule has 1 heterocycles. The molecule has 0 atom stereocenters. The minimum atomic E-state index is 0. The van der Waals surface area contributed by atoms with Crippen molar-refractivity contribution in [3.05, 3.63) is 47.0 Å². The predicted octanol–water partition coefficient (Wildman–Crippen LogP) is 5.77. The molecule has 9 heteroatoms. The lowest BCUT2D eigenvalue weighted by atomic mass is 10.2. The van der Waals surface area contributed by atoms with Gasteiger partial charge in [-0.2, -0.15) is 0 Å². The van der Waals surface area contributed by atoms with Gasteiger partial charge in [-0.1, -0.05) is 29.0 Å². The topological polar surface area (TPSA) is 45.7 Å². The summed E-state index contributed by atoms with van der Waals surface area (Å²) in [5.74, 6) is 1.61. The van der Waals surface area contributed by atoms with Crippen LogP contribution in [0.25, 0.3) is 10.2 Å². The number of fused-ring (bicyclic) bond motifs is 1. The van der Waals surface area contributed by atoms with E-state index in [1.54, 1.807) is 23.8 Å². The molecule has 0 unspecified atom stereocenters. The van der Waals surface area contributed by atoms with Crippen LogP contribution >= 0.6 is 47.1 Å². The lowest BCUT2D eigenvalue weighted by molar-refractivity contribution is -0.118. The van der Waals surface area contributed by atoms with Gasteiger partial charge in [-0.15, -0.1) is 24.2 Å². The van der Waals surface area contributed by atoms with Crippen molar-refractivity contribution >= 4 is 68.4 Å². The molecule has 1 amide bonds. The monoisotopic (exact) mass is 499 g/mol. The lowest BCUT2D eigenvalue weighted by Gasteiger charge is -2.22. The normalized spacial score (nSPS) is 10.9. The molecule has 0 bridgehead atoms. The van der Waals surface area contributed by atoms with E-state index in [0.29, 0.717) is 28.9 Å². The summed E-state index contributed by atoms with van der Waals surface area (Å²) < 4.78 is 6.12. The highest BCUT2D eigenvalue weighted by Crippen LogP contribution is 2.36. The van der Waals surface area contributed by atoms with Gasteiger partial charge in [0, 0.05) is 30.2 Å². The van der Waals surface area contributed by atoms with Gasteiger partial charge < -0.3 is 9.64 Å². The number of anilines is 1. The Labute approximate surface area is 203 Å². The summed E-state index contributed by atoms with van der Waals surface area (Å²) in [4.78, 5) is 22.8. The van der Waals surface area contributed by atoms with Gasteiger partial charge in [0.1, 0.15) is 5.75 Å². The number of amides is 1. The average molecular weight is 501 g/mol. The molecule has 0 N–H and O–H groups in total. The SMILES string of the molecule is COc1ccc(SCCC(=O)N(CCN(C)C)c2nc3c(C)ccc(Cl)c3s2)cc1.Cl. The van der Waals surface area contributed by atoms with E-state index in [1.807, 2.05) is 57.4 Å². The van der Waals surface area contributed by atoms with Crippen LogP contribution in [-0.2, 0) is 4.79 Å². The molecule has 0 aliphatic rings. The van der Waals surface area contributed by atoms with Gasteiger partial charge in [-0.3, -0.25) is 9.69 Å². The van der Waals surface area contributed by atoms with Gasteiger partial charge in [-0.25, -0.2) is 4.98 Å². The fourth-order valence-corrected chi connectivity index (χ4v) is 5.10. The third kappa shape index (κ3) is 6.73. The molecule has 0 aliphatic heterocycles. The third-order valence-corrected chi connectivity index (χ3v) is 7.19. The number of thiazole rings is 1. The van der Waals surface area contributed by atoms with Crippen LogP contribution in [0.1, 0.15) is 12.0 Å². The second kappa shape index (κ2) is 11.9. The zero-order valence-electron chi connectivity index (χ0n) is 18.1. The van der Waals surface area contributed by atoms with E-state index in [9.17, 15) is 4.79 Å². The van der Waals surface area contributed by atoms with Gasteiger partial charge in [0.05, 0.1) is 22.3 Å². The average Bonchev–Trinajstić information content (AvgIpc) is 3.18. The van der Waals surface area contributed by atoms with Crippen LogP contribution in [0.5, 0.6) is 5.75 Å². The number of aryl methyl sites for hydroxylation is 1. The number of methoxy groups -OCH3 is 1. The minimum Gasteiger partial charge on any atom is -0.497 e. The number of nitrogens with zero attached hydrogens (tertiary/aromatic N) is 3. The molecule has 168 valence electrons. The molecule has 0 saturated carbocycles. The van der Waals surface area contributed by atoms with Crippen LogP contribution < -0.4 is 9.64 Å². The molecule has 3 rings (SSSR count). The lowest BCUT2D eigenvalue weighted by Crippen LogP contribution is -2.36. The maximum Gasteiger partial charge on any atom is 0.229 e. The summed E-state index contributed by atoms with van der Waals surface area (Å²) in [6.45, 7) is 3.37. The van der Waals surface area contributed by atoms with Gasteiger partial charge in [0.25, 0.3) is 0 Å². The fourth-order valence-electron chi connectivity index (χ4n) is 2.90. The van der Waals surface area contributed by atoms with E-state index in [4.69, 9.17) is 21.3 Å². The number of likely N-dealkylation sites (N-methyl/N-ethyl adjacent to an activating group) is 1. The van der Waals surface area contributed by atoms with Gasteiger partial charge in [-0.05, 0) is 56.9 Å². The highest BCUT2D eigenvalue weighted by atomic mass is 35.5. The summed E-state index contributed by atoms with van der Waals surface area (Å²) in [6, 6.07) is 11.7. The maximum absolute atomic E-state index is 13.1. The number of hydrogen-bond acceptors (Lipinski definition) is 6. The smallest absolute Gasteiger partial charge is 0.229 e. The Balaban J connectivity index is 0.00000341. The Bertz CT molecular complexity index is 971. The van der Waals surface area contributed by atoms with Gasteiger partial charge >= 0.3 is 0 Å². The van der Waals surface area contributed by atoms with Crippen LogP contribution in [0.4, 0.5) is 5.13 Å². The molecule has 0 spiro atoms. The predicted molar refractivity (Wildman–Crippen MR) is 136 cm³/mol. The molecule has 31 heavy (non-hydrogen) atoms. The van der Waals surface area contributed by atoms with E-state index in [0.717, 1.165) is 33.0 Å². The number of aromatic nitrogens is 1. The number of ether oxygens (including phenoxy) is 1. The zero-order chi connectivity index (χ0) is 21.7. The van der Waals surface area contributed by atoms with E-state index in [-0.39, 0.29) is 18.3 Å². The minimum absolute atomic E-state index is 0. The van der Waals surface area contributed by atoms with E-state index < -0.39 is 0 Å². The molecule has 0 radical (unpaired) electrons. The molecule has 0 fully saturated rings. The Morgan fingerprint density at radius 2 is 1.87 bits per heavy atom. The number of halogens is 2. The fraction of sp³-hybridized carbons (Fsp3) is 0.364. The van der Waals surface area contributed by atoms with Gasteiger partial charge in [0.15, 0.2) is 5.13 Å². The summed E-state index contributed by atoms with van der Waals surface area (Å²) in [7, 11) is 5.66. The van der Waals surface area contributed by atoms with Crippen molar-refractivity contribution in [2.45, 2.75) is 18.2 Å². The van der Waals surface area contributed by atoms with Crippen molar-refractivity contribution in [3.63, 3.8) is 0 Å². The highest BCUT2D eigenvalue weighted by molar-refractivity contribution is 7.99. The highest BCUT2D eigenvalue weighted by Gasteiger charge is 2.21. The Hall–Kier alpha value is -1.51. The van der Waals surface area contributed by atoms with Crippen LogP contribution in [-0.4, -0.2) is 55.8 Å². The molecular weight excluding hydrogens is 473 g/mol. The van der Waals surface area contributed by atoms with E-state index in [2.05, 4.69) is 4.90 Å². The van der Waals surface area contributed by atoms with Gasteiger partial charge in [0.2, 0.25) is 5.91 Å². The summed E-state index contributed by atoms with van der Waals surface area (Å²) in [5, 5.41) is 1.39. The molecule has 0 aliphatic carbocycles. The number of benzene rings is 2. The van der Waals surface area contributed by atoms with Crippen molar-refractivity contribution in [1.82, 2.24) is 9.88 Å². The molecule has 5 nitrogen and oxygen atoms in total. The number of rotatable bonds is 9. The molecule has 0 saturated heterocycles. The number of carbonyl (C=O) groups is 1. The third-order valence-electron chi connectivity index (χ3n) is 4.63. The first kappa shape index (κ1) is 25.7. The summed E-state index contributed by atoms with van der Waals surface area (Å²) in [6.07, 6.45) is 0.437. The second-order valence-electron chi connectivity index (χ2n) is 7.16. The molecule has 3 aromatic rings. The number of hydrogen-bond donors (Lipinski definition) is 0. The first-order valence-electron chi connectivity index (χ1n) is 9.66. The second-order valence-corrected chi connectivity index (χ2v) is 9.71. The van der Waals surface area contributed by atoms with Crippen molar-refractivity contribution < 1.29 is 9.53 Å². The van der Waals surface area contributed by atoms with E-state index >= 15 is 0 Å². The largest absolute Gasteiger partial charge is 0.497 e. The van der Waals surface area contributed by atoms with Crippen LogP contribution in [0.15, 0.2) is 41.3 Å². The number of carbonyl (C=O) groups excluding carboxylic acids is 1. The molecular formula is C22H27Cl2N3O2S2. The van der Waals surface area contributed by atoms with Crippen molar-refractivity contribution in [2.75, 3.05) is 44.9 Å². The molecule has 1 aromatic heterocycles. The van der Waals surface area contributed by atoms with Crippen molar-refractivity contribution in [1.29, 1.82) is 0 Å². The van der Waals surface area contributed by atoms with Crippen LogP contribution in [0.2, 0.25) is 5.02 Å². The standard InChI is InChI=1S/C22H26ClN3O2S2.ClH/c1-15-5-10-18(23)21-20(15)24-22(30-21)26(13-12-25(2)3)19(27)11-14-29-17-8-6-16(28-4)7-9-17;/h5-10H,11-14H2,1-4H3;1H. The number of thioether (sulfide) groups is 1. The molecule has 2 aromatic carbocycles. The van der Waals surface area contributed by atoms with E-state index in [1.165, 1.54) is 11.3 Å². The maximum atomic E-state index is 13.1. The zero-order valence-corrected chi connectivity index (χ0v) is 21.3. The first-order chi connectivity index (χ1) is 14.4. The quantitative estimate of drug-likeness (QED) is 0.350. The van der Waals surface area contributed by atoms with Crippen LogP contribution in [0.3, 0.4) is 0 Å². The Morgan fingerprint density at radius 3 is 2.48 bits per heavy atom. The summed E-state index contributed by atoms with van der Waals surface area (Å²) >= 11 is 9.52. The van der Waals surface area contributed by atoms with Crippen molar-refractivity contribution in [2.24, 2.45) is 0 Å².